The van der Waals surface area contributed by atoms with Crippen LogP contribution in [0, 0.1) is 11.7 Å². The minimum atomic E-state index is -3.54. The Morgan fingerprint density at radius 3 is 2.32 bits per heavy atom. The molecule has 0 aromatic heterocycles. The molecule has 19 heavy (non-hydrogen) atoms. The summed E-state index contributed by atoms with van der Waals surface area (Å²) in [6.07, 6.45) is 3.76. The minimum absolute atomic E-state index is 0.0972. The third kappa shape index (κ3) is 4.16. The molecular formula is C13H17ClFNO2S. The number of rotatable bonds is 4. The molecule has 106 valence electrons. The Morgan fingerprint density at radius 2 is 1.74 bits per heavy atom. The van der Waals surface area contributed by atoms with Crippen LogP contribution in [0.3, 0.4) is 0 Å². The molecule has 0 amide bonds. The van der Waals surface area contributed by atoms with Crippen molar-refractivity contribution < 1.29 is 12.8 Å². The monoisotopic (exact) mass is 305 g/mol. The van der Waals surface area contributed by atoms with Gasteiger partial charge in [-0.2, -0.15) is 0 Å². The summed E-state index contributed by atoms with van der Waals surface area (Å²) in [7, 11) is -3.54. The maximum absolute atomic E-state index is 12.8. The summed E-state index contributed by atoms with van der Waals surface area (Å²) in [4.78, 5) is 0.0972. The topological polar surface area (TPSA) is 46.2 Å². The van der Waals surface area contributed by atoms with Gasteiger partial charge in [0.05, 0.1) is 4.90 Å². The zero-order valence-corrected chi connectivity index (χ0v) is 12.1. The smallest absolute Gasteiger partial charge is 0.211 e. The molecule has 0 aliphatic heterocycles. The van der Waals surface area contributed by atoms with Gasteiger partial charge in [-0.25, -0.2) is 17.5 Å². The zero-order valence-electron chi connectivity index (χ0n) is 10.5. The lowest BCUT2D eigenvalue weighted by molar-refractivity contribution is 0.361. The number of hydrogen-bond donors (Lipinski definition) is 1. The van der Waals surface area contributed by atoms with Crippen LogP contribution in [0.2, 0.25) is 0 Å². The van der Waals surface area contributed by atoms with E-state index >= 15 is 0 Å². The van der Waals surface area contributed by atoms with Crippen LogP contribution >= 0.6 is 11.6 Å². The predicted octanol–water partition coefficient (Wildman–Crippen LogP) is 2.90. The molecule has 0 saturated heterocycles. The van der Waals surface area contributed by atoms with Crippen molar-refractivity contribution in [3.05, 3.63) is 30.1 Å². The zero-order chi connectivity index (χ0) is 13.9. The molecule has 1 aliphatic rings. The summed E-state index contributed by atoms with van der Waals surface area (Å²) in [5.41, 5.74) is 0. The summed E-state index contributed by atoms with van der Waals surface area (Å²) >= 11 is 6.01. The van der Waals surface area contributed by atoms with E-state index in [0.29, 0.717) is 12.5 Å². The van der Waals surface area contributed by atoms with Gasteiger partial charge in [0.15, 0.2) is 0 Å². The molecule has 0 atom stereocenters. The molecule has 6 heteroatoms. The highest BCUT2D eigenvalue weighted by Crippen LogP contribution is 2.27. The highest BCUT2D eigenvalue weighted by Gasteiger charge is 2.22. The molecule has 1 aromatic rings. The molecule has 0 heterocycles. The van der Waals surface area contributed by atoms with Gasteiger partial charge in [-0.1, -0.05) is 0 Å². The molecule has 0 radical (unpaired) electrons. The molecule has 1 N–H and O–H groups in total. The fourth-order valence-electron chi connectivity index (χ4n) is 2.25. The van der Waals surface area contributed by atoms with Crippen LogP contribution in [0.5, 0.6) is 0 Å². The Labute approximate surface area is 118 Å². The summed E-state index contributed by atoms with van der Waals surface area (Å²) in [6, 6.07) is 4.83. The van der Waals surface area contributed by atoms with E-state index in [0.717, 1.165) is 37.8 Å². The fraction of sp³-hybridized carbons (Fsp3) is 0.538. The van der Waals surface area contributed by atoms with Gasteiger partial charge >= 0.3 is 0 Å². The van der Waals surface area contributed by atoms with Crippen molar-refractivity contribution in [1.82, 2.24) is 4.72 Å². The Bertz CT molecular complexity index is 510. The molecule has 1 fully saturated rings. The molecule has 0 unspecified atom stereocenters. The second-order valence-electron chi connectivity index (χ2n) is 4.92. The van der Waals surface area contributed by atoms with Gasteiger partial charge in [-0.3, -0.25) is 0 Å². The van der Waals surface area contributed by atoms with Gasteiger partial charge in [0.2, 0.25) is 10.0 Å². The van der Waals surface area contributed by atoms with Crippen LogP contribution in [0.4, 0.5) is 4.39 Å². The quantitative estimate of drug-likeness (QED) is 0.869. The first-order chi connectivity index (χ1) is 8.97. The van der Waals surface area contributed by atoms with Crippen LogP contribution in [0.15, 0.2) is 29.2 Å². The SMILES string of the molecule is O=S(=O)(NCC1CCC(Cl)CC1)c1ccc(F)cc1. The van der Waals surface area contributed by atoms with Gasteiger partial charge in [0.1, 0.15) is 5.82 Å². The van der Waals surface area contributed by atoms with Gasteiger partial charge in [0, 0.05) is 11.9 Å². The third-order valence-corrected chi connectivity index (χ3v) is 5.34. The summed E-state index contributed by atoms with van der Waals surface area (Å²) in [6.45, 7) is 0.420. The second-order valence-corrected chi connectivity index (χ2v) is 7.31. The van der Waals surface area contributed by atoms with Gasteiger partial charge in [-0.15, -0.1) is 11.6 Å². The lowest BCUT2D eigenvalue weighted by atomic mass is 9.89. The average molecular weight is 306 g/mol. The van der Waals surface area contributed by atoms with Crippen molar-refractivity contribution in [1.29, 1.82) is 0 Å². The van der Waals surface area contributed by atoms with Crippen molar-refractivity contribution in [2.24, 2.45) is 5.92 Å². The standard InChI is InChI=1S/C13H17ClFNO2S/c14-11-3-1-10(2-4-11)9-16-19(17,18)13-7-5-12(15)6-8-13/h5-8,10-11,16H,1-4,9H2. The van der Waals surface area contributed by atoms with Crippen LogP contribution < -0.4 is 4.72 Å². The third-order valence-electron chi connectivity index (χ3n) is 3.46. The molecule has 0 spiro atoms. The molecule has 0 bridgehead atoms. The largest absolute Gasteiger partial charge is 0.240 e. The van der Waals surface area contributed by atoms with E-state index in [1.165, 1.54) is 12.1 Å². The molecule has 1 saturated carbocycles. The molecular weight excluding hydrogens is 289 g/mol. The number of sulfonamides is 1. The molecule has 3 nitrogen and oxygen atoms in total. The number of halogens is 2. The Kier molecular flexibility index (Phi) is 4.81. The lowest BCUT2D eigenvalue weighted by Gasteiger charge is -2.24. The normalized spacial score (nSPS) is 24.3. The molecule has 2 rings (SSSR count). The predicted molar refractivity (Wildman–Crippen MR) is 73.2 cm³/mol. The maximum Gasteiger partial charge on any atom is 0.240 e. The maximum atomic E-state index is 12.8. The van der Waals surface area contributed by atoms with Crippen molar-refractivity contribution in [2.45, 2.75) is 36.0 Å². The van der Waals surface area contributed by atoms with Gasteiger partial charge < -0.3 is 0 Å². The van der Waals surface area contributed by atoms with E-state index in [4.69, 9.17) is 11.6 Å². The molecule has 1 aromatic carbocycles. The summed E-state index contributed by atoms with van der Waals surface area (Å²) in [5.74, 6) is -0.107. The van der Waals surface area contributed by atoms with Crippen LogP contribution in [0.1, 0.15) is 25.7 Å². The Morgan fingerprint density at radius 1 is 1.16 bits per heavy atom. The van der Waals surface area contributed by atoms with Crippen molar-refractivity contribution in [3.63, 3.8) is 0 Å². The first-order valence-corrected chi connectivity index (χ1v) is 8.28. The highest BCUT2D eigenvalue weighted by molar-refractivity contribution is 7.89. The first kappa shape index (κ1) is 14.8. The van der Waals surface area contributed by atoms with E-state index in [-0.39, 0.29) is 10.3 Å². The van der Waals surface area contributed by atoms with E-state index in [9.17, 15) is 12.8 Å². The van der Waals surface area contributed by atoms with Gasteiger partial charge in [0.25, 0.3) is 0 Å². The van der Waals surface area contributed by atoms with Crippen LogP contribution in [-0.2, 0) is 10.0 Å². The van der Waals surface area contributed by atoms with E-state index in [1.54, 1.807) is 0 Å². The van der Waals surface area contributed by atoms with Crippen LogP contribution in [-0.4, -0.2) is 20.3 Å². The van der Waals surface area contributed by atoms with Crippen molar-refractivity contribution in [3.8, 4) is 0 Å². The Balaban J connectivity index is 1.92. The second kappa shape index (κ2) is 6.20. The van der Waals surface area contributed by atoms with Crippen molar-refractivity contribution in [2.75, 3.05) is 6.54 Å². The number of nitrogens with one attached hydrogen (secondary N) is 1. The average Bonchev–Trinajstić information content (AvgIpc) is 2.39. The van der Waals surface area contributed by atoms with E-state index in [2.05, 4.69) is 4.72 Å². The summed E-state index contributed by atoms with van der Waals surface area (Å²) in [5, 5.41) is 0.227. The van der Waals surface area contributed by atoms with Crippen molar-refractivity contribution >= 4 is 21.6 Å². The minimum Gasteiger partial charge on any atom is -0.211 e. The lowest BCUT2D eigenvalue weighted by Crippen LogP contribution is -2.31. The van der Waals surface area contributed by atoms with E-state index < -0.39 is 15.8 Å². The van der Waals surface area contributed by atoms with E-state index in [1.807, 2.05) is 0 Å². The molecule has 1 aliphatic carbocycles. The Hall–Kier alpha value is -0.650. The van der Waals surface area contributed by atoms with Gasteiger partial charge in [-0.05, 0) is 55.9 Å². The summed E-state index contributed by atoms with van der Waals surface area (Å²) < 4.78 is 39.3. The number of hydrogen-bond acceptors (Lipinski definition) is 2. The fourth-order valence-corrected chi connectivity index (χ4v) is 3.62. The van der Waals surface area contributed by atoms with Crippen LogP contribution in [0.25, 0.3) is 0 Å². The number of alkyl halides is 1. The first-order valence-electron chi connectivity index (χ1n) is 6.36. The number of benzene rings is 1. The highest BCUT2D eigenvalue weighted by atomic mass is 35.5.